The molecule has 5 heteroatoms. The van der Waals surface area contributed by atoms with E-state index in [1.54, 1.807) is 0 Å². The molecular weight excluding hydrogens is 392 g/mol. The molecule has 0 aromatic carbocycles. The van der Waals surface area contributed by atoms with Gasteiger partial charge >= 0.3 is 0 Å². The lowest BCUT2D eigenvalue weighted by Crippen LogP contribution is -2.40. The highest BCUT2D eigenvalue weighted by Crippen LogP contribution is 2.18. The third kappa shape index (κ3) is 15.1. The summed E-state index contributed by atoms with van der Waals surface area (Å²) >= 11 is 0. The summed E-state index contributed by atoms with van der Waals surface area (Å²) in [5.74, 6) is 0. The van der Waals surface area contributed by atoms with E-state index in [2.05, 4.69) is 19.1 Å². The molecular formula is C26H50O5. The van der Waals surface area contributed by atoms with Crippen molar-refractivity contribution in [2.75, 3.05) is 19.8 Å². The highest BCUT2D eigenvalue weighted by molar-refractivity contribution is 4.87. The van der Waals surface area contributed by atoms with Crippen LogP contribution in [0.5, 0.6) is 0 Å². The van der Waals surface area contributed by atoms with E-state index in [0.717, 1.165) is 12.8 Å². The van der Waals surface area contributed by atoms with Gasteiger partial charge in [-0.2, -0.15) is 0 Å². The number of ether oxygens (including phenoxy) is 2. The van der Waals surface area contributed by atoms with Crippen LogP contribution < -0.4 is 0 Å². The van der Waals surface area contributed by atoms with E-state index >= 15 is 0 Å². The van der Waals surface area contributed by atoms with E-state index in [4.69, 9.17) is 9.47 Å². The molecule has 0 saturated carbocycles. The van der Waals surface area contributed by atoms with Gasteiger partial charge in [0.25, 0.3) is 0 Å². The van der Waals surface area contributed by atoms with Crippen LogP contribution in [0.15, 0.2) is 12.2 Å². The zero-order chi connectivity index (χ0) is 22.6. The van der Waals surface area contributed by atoms with Gasteiger partial charge in [-0.3, -0.25) is 0 Å². The number of hydrogen-bond acceptors (Lipinski definition) is 5. The van der Waals surface area contributed by atoms with Gasteiger partial charge in [0.2, 0.25) is 0 Å². The molecule has 1 heterocycles. The second-order valence-electron chi connectivity index (χ2n) is 9.14. The Morgan fingerprint density at radius 1 is 0.806 bits per heavy atom. The highest BCUT2D eigenvalue weighted by Gasteiger charge is 2.39. The van der Waals surface area contributed by atoms with Gasteiger partial charge in [0, 0.05) is 6.61 Å². The minimum absolute atomic E-state index is 0.0686. The van der Waals surface area contributed by atoms with Crippen LogP contribution >= 0.6 is 0 Å². The van der Waals surface area contributed by atoms with E-state index in [0.29, 0.717) is 6.61 Å². The first-order valence-electron chi connectivity index (χ1n) is 13.0. The molecule has 3 N–H and O–H groups in total. The fourth-order valence-corrected chi connectivity index (χ4v) is 4.07. The average molecular weight is 443 g/mol. The molecule has 1 aliphatic rings. The summed E-state index contributed by atoms with van der Waals surface area (Å²) in [6, 6.07) is 0. The molecule has 1 aliphatic heterocycles. The smallest absolute Gasteiger partial charge is 0.114 e. The number of aliphatic hydroxyl groups excluding tert-OH is 3. The molecule has 0 unspecified atom stereocenters. The van der Waals surface area contributed by atoms with Gasteiger partial charge in [0.15, 0.2) is 0 Å². The van der Waals surface area contributed by atoms with Crippen molar-refractivity contribution in [1.29, 1.82) is 0 Å². The van der Waals surface area contributed by atoms with E-state index in [-0.39, 0.29) is 13.2 Å². The van der Waals surface area contributed by atoms with Crippen molar-refractivity contribution < 1.29 is 24.8 Å². The standard InChI is InChI=1S/C26H50O5/c1-2-3-4-5-6-7-8-9-10-11-12-13-14-15-16-17-18-19-20-30-21-24(28)26-25(29)23(27)22-31-26/h8-9,23-29H,2-7,10-22H2,1H3/b9-8+/t23-,24+,25-,26-/m0/s1. The second-order valence-corrected chi connectivity index (χ2v) is 9.14. The van der Waals surface area contributed by atoms with Gasteiger partial charge in [-0.05, 0) is 32.1 Å². The summed E-state index contributed by atoms with van der Waals surface area (Å²) < 4.78 is 10.7. The summed E-state index contributed by atoms with van der Waals surface area (Å²) in [6.45, 7) is 3.10. The summed E-state index contributed by atoms with van der Waals surface area (Å²) in [4.78, 5) is 0. The Bertz CT molecular complexity index is 415. The van der Waals surface area contributed by atoms with E-state index in [9.17, 15) is 15.3 Å². The molecule has 1 fully saturated rings. The molecule has 0 bridgehead atoms. The molecule has 1 rings (SSSR count). The van der Waals surface area contributed by atoms with Crippen LogP contribution in [0.4, 0.5) is 0 Å². The maximum atomic E-state index is 9.96. The first kappa shape index (κ1) is 28.6. The van der Waals surface area contributed by atoms with Crippen molar-refractivity contribution in [3.63, 3.8) is 0 Å². The van der Waals surface area contributed by atoms with Crippen LogP contribution in [0.1, 0.15) is 110 Å². The van der Waals surface area contributed by atoms with Gasteiger partial charge in [-0.1, -0.05) is 89.7 Å². The molecule has 5 nitrogen and oxygen atoms in total. The molecule has 4 atom stereocenters. The van der Waals surface area contributed by atoms with Gasteiger partial charge in [0.05, 0.1) is 13.2 Å². The summed E-state index contributed by atoms with van der Waals surface area (Å²) in [5.41, 5.74) is 0. The Hall–Kier alpha value is -0.460. The normalized spacial score (nSPS) is 22.5. The number of allylic oxidation sites excluding steroid dienone is 2. The lowest BCUT2D eigenvalue weighted by Gasteiger charge is -2.20. The van der Waals surface area contributed by atoms with E-state index < -0.39 is 24.4 Å². The third-order valence-corrected chi connectivity index (χ3v) is 6.16. The maximum Gasteiger partial charge on any atom is 0.114 e. The maximum absolute atomic E-state index is 9.96. The SMILES string of the molecule is CCCCCCC/C=C/CCCCCCCCCCCOC[C@@H](O)[C@@H]1OC[C@H](O)[C@@H]1O. The fraction of sp³-hybridized carbons (Fsp3) is 0.923. The van der Waals surface area contributed by atoms with Crippen molar-refractivity contribution in [1.82, 2.24) is 0 Å². The second kappa shape index (κ2) is 20.2. The number of hydrogen-bond donors (Lipinski definition) is 3. The topological polar surface area (TPSA) is 79.2 Å². The van der Waals surface area contributed by atoms with Gasteiger partial charge in [-0.15, -0.1) is 0 Å². The van der Waals surface area contributed by atoms with Crippen molar-refractivity contribution in [2.45, 2.75) is 134 Å². The third-order valence-electron chi connectivity index (χ3n) is 6.16. The quantitative estimate of drug-likeness (QED) is 0.166. The molecule has 184 valence electrons. The minimum Gasteiger partial charge on any atom is -0.388 e. The van der Waals surface area contributed by atoms with Crippen LogP contribution in [0, 0.1) is 0 Å². The molecule has 0 spiro atoms. The van der Waals surface area contributed by atoms with Gasteiger partial charge < -0.3 is 24.8 Å². The first-order chi connectivity index (χ1) is 15.2. The minimum atomic E-state index is -1.03. The molecule has 0 aliphatic carbocycles. The summed E-state index contributed by atoms with van der Waals surface area (Å²) in [6.07, 6.45) is 22.0. The van der Waals surface area contributed by atoms with Crippen molar-refractivity contribution in [3.8, 4) is 0 Å². The predicted molar refractivity (Wildman–Crippen MR) is 127 cm³/mol. The van der Waals surface area contributed by atoms with Crippen molar-refractivity contribution in [2.24, 2.45) is 0 Å². The summed E-state index contributed by atoms with van der Waals surface area (Å²) in [7, 11) is 0. The monoisotopic (exact) mass is 442 g/mol. The Morgan fingerprint density at radius 2 is 1.32 bits per heavy atom. The molecule has 0 radical (unpaired) electrons. The zero-order valence-electron chi connectivity index (χ0n) is 20.1. The van der Waals surface area contributed by atoms with Crippen LogP contribution in [-0.4, -0.2) is 59.6 Å². The Labute approximate surface area is 191 Å². The van der Waals surface area contributed by atoms with Crippen molar-refractivity contribution in [3.05, 3.63) is 12.2 Å². The van der Waals surface area contributed by atoms with Crippen LogP contribution in [0.3, 0.4) is 0 Å². The molecule has 31 heavy (non-hydrogen) atoms. The van der Waals surface area contributed by atoms with Crippen LogP contribution in [-0.2, 0) is 9.47 Å². The van der Waals surface area contributed by atoms with Gasteiger partial charge in [0.1, 0.15) is 24.4 Å². The Morgan fingerprint density at radius 3 is 1.84 bits per heavy atom. The average Bonchev–Trinajstić information content (AvgIpc) is 3.10. The van der Waals surface area contributed by atoms with E-state index in [1.165, 1.54) is 89.9 Å². The highest BCUT2D eigenvalue weighted by atomic mass is 16.5. The Kier molecular flexibility index (Phi) is 18.6. The van der Waals surface area contributed by atoms with Gasteiger partial charge in [-0.25, -0.2) is 0 Å². The number of unbranched alkanes of at least 4 members (excludes halogenated alkanes) is 14. The number of aliphatic hydroxyl groups is 3. The van der Waals surface area contributed by atoms with Crippen LogP contribution in [0.2, 0.25) is 0 Å². The van der Waals surface area contributed by atoms with Crippen LogP contribution in [0.25, 0.3) is 0 Å². The predicted octanol–water partition coefficient (Wildman–Crippen LogP) is 5.30. The lowest BCUT2D eigenvalue weighted by molar-refractivity contribution is -0.0813. The molecule has 0 aromatic rings. The zero-order valence-corrected chi connectivity index (χ0v) is 20.1. The fourth-order valence-electron chi connectivity index (χ4n) is 4.07. The Balaban J connectivity index is 1.75. The molecule has 0 aromatic heterocycles. The molecule has 0 amide bonds. The summed E-state index contributed by atoms with van der Waals surface area (Å²) in [5, 5.41) is 29.1. The first-order valence-corrected chi connectivity index (χ1v) is 13.0. The van der Waals surface area contributed by atoms with E-state index in [1.807, 2.05) is 0 Å². The number of rotatable bonds is 21. The molecule has 1 saturated heterocycles. The largest absolute Gasteiger partial charge is 0.388 e. The lowest BCUT2D eigenvalue weighted by atomic mass is 10.1. The van der Waals surface area contributed by atoms with Crippen molar-refractivity contribution >= 4 is 0 Å².